The van der Waals surface area contributed by atoms with E-state index in [-0.39, 0.29) is 42.4 Å². The Morgan fingerprint density at radius 3 is 2.65 bits per heavy atom. The first-order valence-corrected chi connectivity index (χ1v) is 13.8. The minimum atomic E-state index is -0.692. The predicted octanol–water partition coefficient (Wildman–Crippen LogP) is 2.24. The predicted molar refractivity (Wildman–Crippen MR) is 143 cm³/mol. The maximum absolute atomic E-state index is 14.3. The van der Waals surface area contributed by atoms with E-state index in [9.17, 15) is 18.8 Å². The summed E-state index contributed by atoms with van der Waals surface area (Å²) in [4.78, 5) is 47.0. The number of pyridine rings is 1. The molecule has 0 radical (unpaired) electrons. The fraction of sp³-hybridized carbons (Fsp3) is 0.517. The fourth-order valence-corrected chi connectivity index (χ4v) is 5.74. The molecule has 40 heavy (non-hydrogen) atoms. The summed E-state index contributed by atoms with van der Waals surface area (Å²) in [5.41, 5.74) is 0.810. The average Bonchev–Trinajstić information content (AvgIpc) is 3.43. The standard InChI is InChI=1S/C29H35FN4O6/c1-38-25-4-3-20-15-26(25)40-14-11-33(29(37)21-5-9-31-16-24(21)30)10-2-8-32-27(35)23-18-34(17-22(20)23)28(36)19-6-12-39-13-7-19/h3-5,9,15-16,19,22-23H,2,6-8,10-14,17-18H2,1H3,(H,32,35)/t22-,23+/m1/s1. The van der Waals surface area contributed by atoms with Crippen molar-refractivity contribution < 1.29 is 33.0 Å². The topological polar surface area (TPSA) is 110 Å². The second-order valence-electron chi connectivity index (χ2n) is 10.4. The zero-order valence-corrected chi connectivity index (χ0v) is 22.6. The molecule has 0 aliphatic carbocycles. The molecule has 1 N–H and O–H groups in total. The number of amides is 3. The molecule has 0 saturated carbocycles. The van der Waals surface area contributed by atoms with Crippen LogP contribution in [-0.4, -0.2) is 92.2 Å². The van der Waals surface area contributed by atoms with Crippen LogP contribution in [0.3, 0.4) is 0 Å². The van der Waals surface area contributed by atoms with Gasteiger partial charge in [-0.3, -0.25) is 19.4 Å². The number of nitrogens with one attached hydrogen (secondary N) is 1. The highest BCUT2D eigenvalue weighted by molar-refractivity contribution is 5.94. The van der Waals surface area contributed by atoms with E-state index in [4.69, 9.17) is 14.2 Å². The van der Waals surface area contributed by atoms with Gasteiger partial charge >= 0.3 is 0 Å². The lowest BCUT2D eigenvalue weighted by atomic mass is 9.88. The van der Waals surface area contributed by atoms with E-state index in [2.05, 4.69) is 10.3 Å². The van der Waals surface area contributed by atoms with Crippen molar-refractivity contribution in [1.82, 2.24) is 20.1 Å². The Bertz CT molecular complexity index is 1240. The number of benzene rings is 1. The van der Waals surface area contributed by atoms with Gasteiger partial charge in [0.2, 0.25) is 11.8 Å². The number of aromatic nitrogens is 1. The van der Waals surface area contributed by atoms with E-state index in [1.54, 1.807) is 13.2 Å². The van der Waals surface area contributed by atoms with Crippen LogP contribution in [0.25, 0.3) is 0 Å². The number of hydrogen-bond acceptors (Lipinski definition) is 7. The fourth-order valence-electron chi connectivity index (χ4n) is 5.74. The van der Waals surface area contributed by atoms with Crippen molar-refractivity contribution in [3.8, 4) is 11.5 Å². The van der Waals surface area contributed by atoms with Gasteiger partial charge in [-0.25, -0.2) is 4.39 Å². The summed E-state index contributed by atoms with van der Waals surface area (Å²) in [6, 6.07) is 6.91. The smallest absolute Gasteiger partial charge is 0.257 e. The summed E-state index contributed by atoms with van der Waals surface area (Å²) in [7, 11) is 1.54. The van der Waals surface area contributed by atoms with E-state index in [1.165, 1.54) is 17.2 Å². The maximum Gasteiger partial charge on any atom is 0.257 e. The molecule has 10 nitrogen and oxygen atoms in total. The second-order valence-corrected chi connectivity index (χ2v) is 10.4. The molecule has 3 amide bonds. The lowest BCUT2D eigenvalue weighted by Gasteiger charge is -2.26. The molecule has 2 saturated heterocycles. The molecular weight excluding hydrogens is 519 g/mol. The lowest BCUT2D eigenvalue weighted by molar-refractivity contribution is -0.137. The highest BCUT2D eigenvalue weighted by Gasteiger charge is 2.42. The Morgan fingerprint density at radius 2 is 1.88 bits per heavy atom. The van der Waals surface area contributed by atoms with Crippen molar-refractivity contribution in [2.24, 2.45) is 11.8 Å². The van der Waals surface area contributed by atoms with Gasteiger partial charge in [-0.15, -0.1) is 0 Å². The number of halogens is 1. The van der Waals surface area contributed by atoms with Crippen LogP contribution in [0.5, 0.6) is 11.5 Å². The molecule has 1 aromatic carbocycles. The Labute approximate surface area is 232 Å². The summed E-state index contributed by atoms with van der Waals surface area (Å²) in [6.45, 7) is 2.93. The molecular formula is C29H35FN4O6. The van der Waals surface area contributed by atoms with Crippen molar-refractivity contribution >= 4 is 17.7 Å². The van der Waals surface area contributed by atoms with Gasteiger partial charge in [0.15, 0.2) is 17.3 Å². The van der Waals surface area contributed by atoms with Gasteiger partial charge in [-0.05, 0) is 43.0 Å². The summed E-state index contributed by atoms with van der Waals surface area (Å²) in [6.07, 6.45) is 4.24. The van der Waals surface area contributed by atoms with Crippen molar-refractivity contribution in [2.75, 3.05) is 59.7 Å². The third-order valence-corrected chi connectivity index (χ3v) is 7.97. The molecule has 5 rings (SSSR count). The largest absolute Gasteiger partial charge is 0.493 e. The van der Waals surface area contributed by atoms with E-state index in [1.807, 2.05) is 17.0 Å². The number of rotatable bonds is 3. The molecule has 2 aromatic rings. The van der Waals surface area contributed by atoms with Crippen molar-refractivity contribution in [1.29, 1.82) is 0 Å². The van der Waals surface area contributed by atoms with E-state index >= 15 is 0 Å². The number of methoxy groups -OCH3 is 1. The van der Waals surface area contributed by atoms with Crippen LogP contribution < -0.4 is 14.8 Å². The number of fused-ring (bicyclic) bond motifs is 4. The van der Waals surface area contributed by atoms with E-state index in [0.29, 0.717) is 70.2 Å². The Morgan fingerprint density at radius 1 is 1.07 bits per heavy atom. The van der Waals surface area contributed by atoms with E-state index < -0.39 is 17.6 Å². The highest BCUT2D eigenvalue weighted by atomic mass is 19.1. The summed E-state index contributed by atoms with van der Waals surface area (Å²) >= 11 is 0. The lowest BCUT2D eigenvalue weighted by Crippen LogP contribution is -2.40. The number of nitrogens with zero attached hydrogens (tertiary/aromatic N) is 3. The van der Waals surface area contributed by atoms with Crippen LogP contribution in [0.2, 0.25) is 0 Å². The average molecular weight is 555 g/mol. The number of likely N-dealkylation sites (tertiary alicyclic amines) is 1. The van der Waals surface area contributed by atoms with Gasteiger partial charge in [0, 0.05) is 57.4 Å². The van der Waals surface area contributed by atoms with Crippen LogP contribution >= 0.6 is 0 Å². The minimum Gasteiger partial charge on any atom is -0.493 e. The quantitative estimate of drug-likeness (QED) is 0.620. The number of ether oxygens (including phenoxy) is 3. The SMILES string of the molecule is COc1ccc2cc1OCCN(C(=O)c1ccncc1F)CCCNC(=O)[C@H]1CN(C(=O)C3CCOCC3)C[C@H]21. The number of carbonyl (C=O) groups is 3. The first kappa shape index (κ1) is 27.8. The molecule has 1 aromatic heterocycles. The summed E-state index contributed by atoms with van der Waals surface area (Å²) in [5.74, 6) is -0.956. The van der Waals surface area contributed by atoms with Gasteiger partial charge in [-0.2, -0.15) is 0 Å². The summed E-state index contributed by atoms with van der Waals surface area (Å²) < 4.78 is 31.3. The summed E-state index contributed by atoms with van der Waals surface area (Å²) in [5, 5.41) is 3.01. The molecule has 2 atom stereocenters. The Kier molecular flexibility index (Phi) is 8.78. The molecule has 3 aliphatic rings. The number of carbonyl (C=O) groups excluding carboxylic acids is 3. The van der Waals surface area contributed by atoms with Crippen LogP contribution in [0.15, 0.2) is 36.7 Å². The van der Waals surface area contributed by atoms with Crippen LogP contribution in [0.1, 0.15) is 41.1 Å². The first-order valence-electron chi connectivity index (χ1n) is 13.8. The molecule has 0 spiro atoms. The number of hydrogen-bond donors (Lipinski definition) is 1. The molecule has 2 bridgehead atoms. The van der Waals surface area contributed by atoms with Gasteiger partial charge in [0.1, 0.15) is 6.61 Å². The van der Waals surface area contributed by atoms with Crippen molar-refractivity contribution in [2.45, 2.75) is 25.2 Å². The molecule has 2 fully saturated rings. The normalized spacial score (nSPS) is 22.5. The Hall–Kier alpha value is -3.73. The van der Waals surface area contributed by atoms with Gasteiger partial charge < -0.3 is 29.3 Å². The highest BCUT2D eigenvalue weighted by Crippen LogP contribution is 2.38. The second kappa shape index (κ2) is 12.6. The molecule has 0 unspecified atom stereocenters. The molecule has 4 heterocycles. The van der Waals surface area contributed by atoms with Gasteiger partial charge in [-0.1, -0.05) is 6.07 Å². The molecule has 214 valence electrons. The first-order chi connectivity index (χ1) is 19.5. The van der Waals surface area contributed by atoms with Crippen LogP contribution in [0.4, 0.5) is 4.39 Å². The minimum absolute atomic E-state index is 0.0668. The third kappa shape index (κ3) is 6.04. The molecule has 3 aliphatic heterocycles. The molecule has 11 heteroatoms. The van der Waals surface area contributed by atoms with Crippen molar-refractivity contribution in [3.05, 3.63) is 53.6 Å². The van der Waals surface area contributed by atoms with Gasteiger partial charge in [0.05, 0.1) is 31.3 Å². The van der Waals surface area contributed by atoms with Crippen molar-refractivity contribution in [3.63, 3.8) is 0 Å². The maximum atomic E-state index is 14.3. The third-order valence-electron chi connectivity index (χ3n) is 7.97. The van der Waals surface area contributed by atoms with Gasteiger partial charge in [0.25, 0.3) is 5.91 Å². The zero-order valence-electron chi connectivity index (χ0n) is 22.6. The monoisotopic (exact) mass is 554 g/mol. The van der Waals surface area contributed by atoms with Crippen LogP contribution in [0, 0.1) is 17.7 Å². The van der Waals surface area contributed by atoms with Crippen LogP contribution in [-0.2, 0) is 14.3 Å². The zero-order chi connectivity index (χ0) is 28.1. The van der Waals surface area contributed by atoms with E-state index in [0.717, 1.165) is 11.8 Å². The Balaban J connectivity index is 1.38.